The van der Waals surface area contributed by atoms with Crippen molar-refractivity contribution >= 4 is 11.8 Å². The number of carbonyl (C=O) groups is 2. The normalized spacial score (nSPS) is 18.6. The minimum atomic E-state index is -0.291. The number of nitrogens with one attached hydrogen (secondary N) is 2. The number of furan rings is 1. The summed E-state index contributed by atoms with van der Waals surface area (Å²) in [5.41, 5.74) is 0. The molecular weight excluding hydrogens is 270 g/mol. The first-order valence-electron chi connectivity index (χ1n) is 7.53. The van der Waals surface area contributed by atoms with E-state index >= 15 is 0 Å². The summed E-state index contributed by atoms with van der Waals surface area (Å²) in [7, 11) is 0. The molecule has 0 radical (unpaired) electrons. The second-order valence-electron chi connectivity index (χ2n) is 5.21. The Kier molecular flexibility index (Phi) is 5.80. The number of nitrogens with zero attached hydrogens (tertiary/aromatic N) is 1. The van der Waals surface area contributed by atoms with Crippen LogP contribution in [0.2, 0.25) is 0 Å². The maximum atomic E-state index is 11.8. The molecule has 2 amide bonds. The van der Waals surface area contributed by atoms with Crippen LogP contribution in [-0.4, -0.2) is 48.9 Å². The third kappa shape index (κ3) is 4.60. The third-order valence-corrected chi connectivity index (χ3v) is 3.82. The van der Waals surface area contributed by atoms with E-state index in [-0.39, 0.29) is 24.0 Å². The molecule has 1 aromatic rings. The van der Waals surface area contributed by atoms with Gasteiger partial charge in [0.1, 0.15) is 0 Å². The van der Waals surface area contributed by atoms with Crippen molar-refractivity contribution < 1.29 is 14.0 Å². The highest BCUT2D eigenvalue weighted by Gasteiger charge is 2.22. The van der Waals surface area contributed by atoms with Crippen molar-refractivity contribution in [1.82, 2.24) is 15.5 Å². The third-order valence-electron chi connectivity index (χ3n) is 3.82. The zero-order valence-corrected chi connectivity index (χ0v) is 12.4. The van der Waals surface area contributed by atoms with Crippen LogP contribution in [0.5, 0.6) is 0 Å². The lowest BCUT2D eigenvalue weighted by Gasteiger charge is -2.22. The SMILES string of the molecule is CCN1CCCC1CNC(=O)CCNC(=O)c1ccco1. The Balaban J connectivity index is 1.60. The van der Waals surface area contributed by atoms with E-state index in [2.05, 4.69) is 22.5 Å². The Morgan fingerprint density at radius 2 is 2.29 bits per heavy atom. The van der Waals surface area contributed by atoms with Crippen molar-refractivity contribution in [2.24, 2.45) is 0 Å². The number of likely N-dealkylation sites (N-methyl/N-ethyl adjacent to an activating group) is 1. The molecular formula is C15H23N3O3. The summed E-state index contributed by atoms with van der Waals surface area (Å²) < 4.78 is 4.97. The highest BCUT2D eigenvalue weighted by atomic mass is 16.3. The zero-order valence-electron chi connectivity index (χ0n) is 12.4. The summed E-state index contributed by atoms with van der Waals surface area (Å²) in [5.74, 6) is -0.0570. The maximum absolute atomic E-state index is 11.8. The van der Waals surface area contributed by atoms with E-state index in [1.807, 2.05) is 0 Å². The fraction of sp³-hybridized carbons (Fsp3) is 0.600. The number of carbonyl (C=O) groups excluding carboxylic acids is 2. The first kappa shape index (κ1) is 15.6. The van der Waals surface area contributed by atoms with Gasteiger partial charge in [0.25, 0.3) is 5.91 Å². The highest BCUT2D eigenvalue weighted by Crippen LogP contribution is 2.15. The van der Waals surface area contributed by atoms with Gasteiger partial charge in [-0.2, -0.15) is 0 Å². The molecule has 1 saturated heterocycles. The van der Waals surface area contributed by atoms with E-state index in [1.165, 1.54) is 12.7 Å². The van der Waals surface area contributed by atoms with Gasteiger partial charge in [0.15, 0.2) is 5.76 Å². The number of hydrogen-bond donors (Lipinski definition) is 2. The van der Waals surface area contributed by atoms with Crippen LogP contribution in [0.3, 0.4) is 0 Å². The standard InChI is InChI=1S/C15H23N3O3/c1-2-18-9-3-5-12(18)11-17-14(19)7-8-16-15(20)13-6-4-10-21-13/h4,6,10,12H,2-3,5,7-9,11H2,1H3,(H,16,20)(H,17,19). The molecule has 1 aromatic heterocycles. The average molecular weight is 293 g/mol. The van der Waals surface area contributed by atoms with Crippen LogP contribution in [0.1, 0.15) is 36.7 Å². The van der Waals surface area contributed by atoms with Crippen LogP contribution >= 0.6 is 0 Å². The Hall–Kier alpha value is -1.82. The first-order valence-corrected chi connectivity index (χ1v) is 7.53. The van der Waals surface area contributed by atoms with Crippen molar-refractivity contribution in [2.45, 2.75) is 32.2 Å². The van der Waals surface area contributed by atoms with E-state index in [9.17, 15) is 9.59 Å². The van der Waals surface area contributed by atoms with Crippen LogP contribution in [-0.2, 0) is 4.79 Å². The van der Waals surface area contributed by atoms with Crippen molar-refractivity contribution in [3.8, 4) is 0 Å². The predicted molar refractivity (Wildman–Crippen MR) is 78.9 cm³/mol. The van der Waals surface area contributed by atoms with Crippen molar-refractivity contribution in [3.05, 3.63) is 24.2 Å². The second kappa shape index (κ2) is 7.83. The summed E-state index contributed by atoms with van der Waals surface area (Å²) in [6.07, 6.45) is 4.07. The van der Waals surface area contributed by atoms with Crippen LogP contribution in [0.4, 0.5) is 0 Å². The van der Waals surface area contributed by atoms with Gasteiger partial charge in [-0.15, -0.1) is 0 Å². The minimum absolute atomic E-state index is 0.0299. The molecule has 1 aliphatic heterocycles. The first-order chi connectivity index (χ1) is 10.2. The smallest absolute Gasteiger partial charge is 0.286 e. The molecule has 6 heteroatoms. The van der Waals surface area contributed by atoms with Crippen LogP contribution < -0.4 is 10.6 Å². The van der Waals surface area contributed by atoms with Crippen molar-refractivity contribution in [1.29, 1.82) is 0 Å². The van der Waals surface area contributed by atoms with Crippen molar-refractivity contribution in [2.75, 3.05) is 26.2 Å². The number of likely N-dealkylation sites (tertiary alicyclic amines) is 1. The maximum Gasteiger partial charge on any atom is 0.286 e. The van der Waals surface area contributed by atoms with Crippen LogP contribution in [0.25, 0.3) is 0 Å². The zero-order chi connectivity index (χ0) is 15.1. The van der Waals surface area contributed by atoms with Gasteiger partial charge in [-0.05, 0) is 38.1 Å². The summed E-state index contributed by atoms with van der Waals surface area (Å²) >= 11 is 0. The monoisotopic (exact) mass is 293 g/mol. The van der Waals surface area contributed by atoms with Gasteiger partial charge in [0, 0.05) is 25.6 Å². The quantitative estimate of drug-likeness (QED) is 0.786. The fourth-order valence-electron chi connectivity index (χ4n) is 2.65. The van der Waals surface area contributed by atoms with Crippen LogP contribution in [0, 0.1) is 0 Å². The molecule has 116 valence electrons. The molecule has 0 saturated carbocycles. The minimum Gasteiger partial charge on any atom is -0.459 e. The summed E-state index contributed by atoms with van der Waals surface area (Å²) in [5, 5.41) is 5.60. The molecule has 21 heavy (non-hydrogen) atoms. The van der Waals surface area contributed by atoms with Gasteiger partial charge in [-0.25, -0.2) is 0 Å². The Morgan fingerprint density at radius 3 is 3.00 bits per heavy atom. The molecule has 1 unspecified atom stereocenters. The Morgan fingerprint density at radius 1 is 1.43 bits per heavy atom. The number of hydrogen-bond acceptors (Lipinski definition) is 4. The molecule has 1 fully saturated rings. The van der Waals surface area contributed by atoms with Gasteiger partial charge in [0.05, 0.1) is 6.26 Å². The van der Waals surface area contributed by atoms with Crippen LogP contribution in [0.15, 0.2) is 22.8 Å². The predicted octanol–water partition coefficient (Wildman–Crippen LogP) is 1.000. The van der Waals surface area contributed by atoms with E-state index in [1.54, 1.807) is 12.1 Å². The number of rotatable bonds is 7. The topological polar surface area (TPSA) is 74.6 Å². The molecule has 2 rings (SSSR count). The molecule has 1 aliphatic rings. The molecule has 0 aliphatic carbocycles. The molecule has 2 heterocycles. The lowest BCUT2D eigenvalue weighted by Crippen LogP contribution is -2.40. The van der Waals surface area contributed by atoms with E-state index in [0.717, 1.165) is 19.5 Å². The largest absolute Gasteiger partial charge is 0.459 e. The molecule has 0 aromatic carbocycles. The molecule has 6 nitrogen and oxygen atoms in total. The molecule has 1 atom stereocenters. The number of amides is 2. The van der Waals surface area contributed by atoms with Crippen molar-refractivity contribution in [3.63, 3.8) is 0 Å². The molecule has 0 bridgehead atoms. The van der Waals surface area contributed by atoms with Gasteiger partial charge < -0.3 is 15.1 Å². The van der Waals surface area contributed by atoms with Gasteiger partial charge in [-0.1, -0.05) is 6.92 Å². The van der Waals surface area contributed by atoms with E-state index in [0.29, 0.717) is 19.1 Å². The lowest BCUT2D eigenvalue weighted by atomic mass is 10.2. The summed E-state index contributed by atoms with van der Waals surface area (Å²) in [6, 6.07) is 3.70. The summed E-state index contributed by atoms with van der Waals surface area (Å²) in [6.45, 7) is 5.30. The Bertz CT molecular complexity index is 459. The molecule has 0 spiro atoms. The lowest BCUT2D eigenvalue weighted by molar-refractivity contribution is -0.121. The van der Waals surface area contributed by atoms with Gasteiger partial charge in [0.2, 0.25) is 5.91 Å². The summed E-state index contributed by atoms with van der Waals surface area (Å²) in [4.78, 5) is 25.7. The average Bonchev–Trinajstić information content (AvgIpc) is 3.15. The van der Waals surface area contributed by atoms with Gasteiger partial charge >= 0.3 is 0 Å². The molecule has 2 N–H and O–H groups in total. The van der Waals surface area contributed by atoms with E-state index < -0.39 is 0 Å². The fourth-order valence-corrected chi connectivity index (χ4v) is 2.65. The van der Waals surface area contributed by atoms with Gasteiger partial charge in [-0.3, -0.25) is 14.5 Å². The second-order valence-corrected chi connectivity index (χ2v) is 5.21. The highest BCUT2D eigenvalue weighted by molar-refractivity contribution is 5.91. The Labute approximate surface area is 124 Å². The van der Waals surface area contributed by atoms with E-state index in [4.69, 9.17) is 4.42 Å².